The number of hydrogen-bond acceptors (Lipinski definition) is 9. The largest absolute Gasteiger partial charge is 0.505 e. The van der Waals surface area contributed by atoms with Crippen LogP contribution in [0.5, 0.6) is 11.5 Å². The fraction of sp³-hybridized carbons (Fsp3) is 0.0930. The molecule has 8 aromatic rings. The summed E-state index contributed by atoms with van der Waals surface area (Å²) >= 11 is 0. The van der Waals surface area contributed by atoms with Crippen LogP contribution < -0.4 is 0 Å². The van der Waals surface area contributed by atoms with E-state index in [9.17, 15) is 15.0 Å². The number of aromatic hydroxyl groups is 2. The number of aldehydes is 1. The maximum atomic E-state index is 11.0. The number of hydrogen-bond donors (Lipinski definition) is 2. The van der Waals surface area contributed by atoms with Gasteiger partial charge in [0, 0.05) is 41.9 Å². The number of aliphatic imine (C=N–C) groups is 2. The third-order valence-electron chi connectivity index (χ3n) is 8.80. The molecule has 0 aliphatic heterocycles. The molecule has 0 bridgehead atoms. The van der Waals surface area contributed by atoms with E-state index in [2.05, 4.69) is 30.4 Å². The minimum Gasteiger partial charge on any atom is -0.505 e. The molecule has 8 rings (SSSR count). The molecule has 0 amide bonds. The number of carbonyl (C=O) groups excluding carboxylic acids is 1. The Morgan fingerprint density at radius 2 is 0.907 bits per heavy atom. The van der Waals surface area contributed by atoms with E-state index in [1.165, 1.54) is 9.59 Å². The molecule has 0 atom stereocenters. The highest BCUT2D eigenvalue weighted by atomic mass is 16.3. The van der Waals surface area contributed by atoms with Crippen molar-refractivity contribution in [3.05, 3.63) is 166 Å². The number of phenols is 2. The standard InChI is InChI=1S/C22H18N4O2.C21H18N4O/c1-14-11-17(21(23-2)16-9-7-15(13-27)8-10-16)22(28)20(12-14)26-24-18-5-3-4-6-19(18)25-26;1-14-12-16(20(22-2)15-8-4-3-5-9-15)21(26)19(13-14)25-23-17-10-6-7-11-18(17)24-25/h3-13,28H,1-2H3;3-13,26H,1-2H3. The van der Waals surface area contributed by atoms with Gasteiger partial charge in [0.1, 0.15) is 39.7 Å². The lowest BCUT2D eigenvalue weighted by Crippen LogP contribution is -2.08. The van der Waals surface area contributed by atoms with Crippen LogP contribution in [0.1, 0.15) is 43.7 Å². The molecule has 0 radical (unpaired) electrons. The van der Waals surface area contributed by atoms with Crippen molar-refractivity contribution in [3.8, 4) is 22.9 Å². The third kappa shape index (κ3) is 6.98. The van der Waals surface area contributed by atoms with Crippen LogP contribution in [0.25, 0.3) is 33.4 Å². The van der Waals surface area contributed by atoms with Crippen molar-refractivity contribution in [2.45, 2.75) is 13.8 Å². The zero-order valence-electron chi connectivity index (χ0n) is 30.1. The third-order valence-corrected chi connectivity index (χ3v) is 8.80. The predicted molar refractivity (Wildman–Crippen MR) is 212 cm³/mol. The number of phenolic OH excluding ortho intramolecular Hbond substituents is 2. The van der Waals surface area contributed by atoms with Gasteiger partial charge in [-0.05, 0) is 73.5 Å². The van der Waals surface area contributed by atoms with E-state index >= 15 is 0 Å². The number of aromatic nitrogens is 6. The average molecular weight is 713 g/mol. The van der Waals surface area contributed by atoms with Gasteiger partial charge >= 0.3 is 0 Å². The number of carbonyl (C=O) groups is 1. The minimum atomic E-state index is 0.0472. The van der Waals surface area contributed by atoms with Gasteiger partial charge < -0.3 is 10.2 Å². The molecule has 266 valence electrons. The SMILES string of the molecule is CN=C(c1ccc(C=O)cc1)c1cc(C)cc(-n2nc3ccccc3n2)c1O.CN=C(c1ccccc1)c1cc(C)cc(-n2nc3ccccc3n2)c1O. The first-order chi connectivity index (χ1) is 26.3. The molecular formula is C43H36N8O3. The van der Waals surface area contributed by atoms with Gasteiger partial charge in [-0.15, -0.1) is 30.0 Å². The molecule has 6 aromatic carbocycles. The Bertz CT molecular complexity index is 2630. The van der Waals surface area contributed by atoms with Gasteiger partial charge in [-0.1, -0.05) is 78.9 Å². The Morgan fingerprint density at radius 1 is 0.537 bits per heavy atom. The summed E-state index contributed by atoms with van der Waals surface area (Å²) < 4.78 is 0. The van der Waals surface area contributed by atoms with Crippen LogP contribution in [0.15, 0.2) is 137 Å². The molecule has 2 aromatic heterocycles. The summed E-state index contributed by atoms with van der Waals surface area (Å²) in [4.78, 5) is 22.6. The Hall–Kier alpha value is -7.27. The van der Waals surface area contributed by atoms with E-state index in [1.807, 2.05) is 129 Å². The van der Waals surface area contributed by atoms with Gasteiger partial charge in [0.25, 0.3) is 0 Å². The van der Waals surface area contributed by atoms with Crippen molar-refractivity contribution in [3.63, 3.8) is 0 Å². The quantitative estimate of drug-likeness (QED) is 0.128. The number of rotatable bonds is 7. The molecule has 2 heterocycles. The molecule has 0 saturated heterocycles. The number of fused-ring (bicyclic) bond motifs is 2. The topological polar surface area (TPSA) is 144 Å². The Kier molecular flexibility index (Phi) is 9.86. The molecule has 11 nitrogen and oxygen atoms in total. The highest BCUT2D eigenvalue weighted by molar-refractivity contribution is 6.15. The van der Waals surface area contributed by atoms with Crippen molar-refractivity contribution in [1.82, 2.24) is 30.0 Å². The van der Waals surface area contributed by atoms with E-state index < -0.39 is 0 Å². The van der Waals surface area contributed by atoms with Crippen molar-refractivity contribution in [2.75, 3.05) is 14.1 Å². The Labute approximate surface area is 311 Å². The Balaban J connectivity index is 0.000000167. The minimum absolute atomic E-state index is 0.0472. The number of aryl methyl sites for hydroxylation is 2. The molecule has 0 unspecified atom stereocenters. The maximum absolute atomic E-state index is 11.0. The van der Waals surface area contributed by atoms with Crippen molar-refractivity contribution in [2.24, 2.45) is 9.98 Å². The fourth-order valence-corrected chi connectivity index (χ4v) is 6.25. The average Bonchev–Trinajstić information content (AvgIpc) is 3.84. The lowest BCUT2D eigenvalue weighted by Gasteiger charge is -2.13. The van der Waals surface area contributed by atoms with Gasteiger partial charge in [0.15, 0.2) is 11.5 Å². The molecular weight excluding hydrogens is 677 g/mol. The number of benzene rings is 6. The number of nitrogens with zero attached hydrogens (tertiary/aromatic N) is 8. The van der Waals surface area contributed by atoms with Gasteiger partial charge in [0.2, 0.25) is 0 Å². The highest BCUT2D eigenvalue weighted by Crippen LogP contribution is 2.32. The van der Waals surface area contributed by atoms with E-state index in [4.69, 9.17) is 0 Å². The van der Waals surface area contributed by atoms with E-state index in [-0.39, 0.29) is 11.5 Å². The lowest BCUT2D eigenvalue weighted by molar-refractivity contribution is 0.112. The van der Waals surface area contributed by atoms with Crippen molar-refractivity contribution < 1.29 is 15.0 Å². The molecule has 11 heteroatoms. The summed E-state index contributed by atoms with van der Waals surface area (Å²) in [6, 6.07) is 39.6. The summed E-state index contributed by atoms with van der Waals surface area (Å²) in [6.45, 7) is 3.92. The van der Waals surface area contributed by atoms with Crippen LogP contribution in [0.4, 0.5) is 0 Å². The lowest BCUT2D eigenvalue weighted by atomic mass is 9.98. The van der Waals surface area contributed by atoms with E-state index in [1.54, 1.807) is 26.2 Å². The molecule has 0 saturated carbocycles. The highest BCUT2D eigenvalue weighted by Gasteiger charge is 2.20. The fourth-order valence-electron chi connectivity index (χ4n) is 6.25. The van der Waals surface area contributed by atoms with Gasteiger partial charge in [-0.2, -0.15) is 0 Å². The first-order valence-corrected chi connectivity index (χ1v) is 17.2. The summed E-state index contributed by atoms with van der Waals surface area (Å²) in [5.41, 5.74) is 10.9. The van der Waals surface area contributed by atoms with Crippen LogP contribution in [0, 0.1) is 13.8 Å². The first kappa shape index (κ1) is 35.1. The van der Waals surface area contributed by atoms with Gasteiger partial charge in [-0.3, -0.25) is 14.8 Å². The second-order valence-electron chi connectivity index (χ2n) is 12.6. The van der Waals surface area contributed by atoms with Crippen LogP contribution in [-0.2, 0) is 0 Å². The van der Waals surface area contributed by atoms with Gasteiger partial charge in [0.05, 0.1) is 11.4 Å². The maximum Gasteiger partial charge on any atom is 0.152 e. The summed E-state index contributed by atoms with van der Waals surface area (Å²) in [5.74, 6) is 0.159. The normalized spacial score (nSPS) is 11.8. The second-order valence-corrected chi connectivity index (χ2v) is 12.6. The molecule has 0 aliphatic carbocycles. The summed E-state index contributed by atoms with van der Waals surface area (Å²) in [6.07, 6.45) is 0.794. The smallest absolute Gasteiger partial charge is 0.152 e. The first-order valence-electron chi connectivity index (χ1n) is 17.2. The van der Waals surface area contributed by atoms with Crippen LogP contribution in [0.3, 0.4) is 0 Å². The van der Waals surface area contributed by atoms with Crippen LogP contribution >= 0.6 is 0 Å². The zero-order chi connectivity index (χ0) is 37.8. The zero-order valence-corrected chi connectivity index (χ0v) is 30.1. The Morgan fingerprint density at radius 3 is 1.28 bits per heavy atom. The van der Waals surface area contributed by atoms with Gasteiger partial charge in [-0.25, -0.2) is 0 Å². The summed E-state index contributed by atoms with van der Waals surface area (Å²) in [7, 11) is 3.40. The monoisotopic (exact) mass is 712 g/mol. The molecule has 2 N–H and O–H groups in total. The predicted octanol–water partition coefficient (Wildman–Crippen LogP) is 7.62. The molecule has 0 spiro atoms. The van der Waals surface area contributed by atoms with E-state index in [0.29, 0.717) is 33.8 Å². The summed E-state index contributed by atoms with van der Waals surface area (Å²) in [5, 5.41) is 39.9. The van der Waals surface area contributed by atoms with Crippen molar-refractivity contribution >= 4 is 39.8 Å². The van der Waals surface area contributed by atoms with E-state index in [0.717, 1.165) is 56.3 Å². The molecule has 0 fully saturated rings. The second kappa shape index (κ2) is 15.1. The molecule has 54 heavy (non-hydrogen) atoms. The van der Waals surface area contributed by atoms with Crippen LogP contribution in [-0.4, -0.2) is 72.0 Å². The molecule has 0 aliphatic rings. The van der Waals surface area contributed by atoms with Crippen molar-refractivity contribution in [1.29, 1.82) is 0 Å². The van der Waals surface area contributed by atoms with Crippen LogP contribution in [0.2, 0.25) is 0 Å².